The molecule has 17 heavy (non-hydrogen) atoms. The van der Waals surface area contributed by atoms with Crippen LogP contribution in [0.5, 0.6) is 0 Å². The highest BCUT2D eigenvalue weighted by Crippen LogP contribution is 2.44. The second-order valence-electron chi connectivity index (χ2n) is 4.44. The molecule has 0 amide bonds. The lowest BCUT2D eigenvalue weighted by Gasteiger charge is -2.26. The molecule has 0 aromatic heterocycles. The van der Waals surface area contributed by atoms with E-state index in [-0.39, 0.29) is 0 Å². The topological polar surface area (TPSA) is 6.48 Å². The van der Waals surface area contributed by atoms with Crippen molar-refractivity contribution < 1.29 is 0 Å². The van der Waals surface area contributed by atoms with Gasteiger partial charge in [0.05, 0.1) is 11.4 Å². The van der Waals surface area contributed by atoms with Crippen molar-refractivity contribution in [3.8, 4) is 0 Å². The van der Waals surface area contributed by atoms with E-state index in [1.807, 2.05) is 6.07 Å². The lowest BCUT2D eigenvalue weighted by Crippen LogP contribution is -2.30. The fourth-order valence-electron chi connectivity index (χ4n) is 2.51. The van der Waals surface area contributed by atoms with Gasteiger partial charge in [-0.2, -0.15) is 0 Å². The van der Waals surface area contributed by atoms with E-state index in [1.54, 1.807) is 0 Å². The predicted molar refractivity (Wildman–Crippen MR) is 73.7 cm³/mol. The van der Waals surface area contributed by atoms with Gasteiger partial charge in [0, 0.05) is 18.1 Å². The predicted octanol–water partition coefficient (Wildman–Crippen LogP) is 3.79. The second-order valence-corrected chi connectivity index (χ2v) is 4.88. The molecular formula is C14H15ClN2. The van der Waals surface area contributed by atoms with Gasteiger partial charge in [-0.1, -0.05) is 17.7 Å². The lowest BCUT2D eigenvalue weighted by molar-refractivity contribution is 0.906. The van der Waals surface area contributed by atoms with E-state index in [9.17, 15) is 0 Å². The van der Waals surface area contributed by atoms with Crippen LogP contribution in [-0.4, -0.2) is 13.1 Å². The number of fused-ring (bicyclic) bond motifs is 3. The molecule has 88 valence electrons. The summed E-state index contributed by atoms with van der Waals surface area (Å²) in [7, 11) is 0. The van der Waals surface area contributed by atoms with Crippen LogP contribution in [0.1, 0.15) is 13.8 Å². The summed E-state index contributed by atoms with van der Waals surface area (Å²) >= 11 is 6.09. The third kappa shape index (κ3) is 1.55. The molecule has 0 saturated carbocycles. The van der Waals surface area contributed by atoms with Gasteiger partial charge in [0.2, 0.25) is 0 Å². The third-order valence-electron chi connectivity index (χ3n) is 3.34. The normalized spacial score (nSPS) is 17.6. The van der Waals surface area contributed by atoms with Gasteiger partial charge >= 0.3 is 0 Å². The van der Waals surface area contributed by atoms with E-state index >= 15 is 0 Å². The Balaban J connectivity index is 2.15. The number of rotatable bonds is 1. The van der Waals surface area contributed by atoms with Crippen molar-refractivity contribution >= 4 is 23.0 Å². The Kier molecular flexibility index (Phi) is 2.40. The van der Waals surface area contributed by atoms with Crippen molar-refractivity contribution in [3.05, 3.63) is 46.8 Å². The molecule has 3 heteroatoms. The molecule has 3 rings (SSSR count). The molecule has 0 fully saturated rings. The number of anilines is 2. The molecule has 0 spiro atoms. The summed E-state index contributed by atoms with van der Waals surface area (Å²) in [5.74, 6) is 1.27. The SMILES string of the molecule is CCN1C2=CC(C)=CCN2c2cc(Cl)ccc21. The summed E-state index contributed by atoms with van der Waals surface area (Å²) in [6.07, 6.45) is 4.48. The summed E-state index contributed by atoms with van der Waals surface area (Å²) in [6.45, 7) is 6.23. The molecule has 2 nitrogen and oxygen atoms in total. The highest BCUT2D eigenvalue weighted by Gasteiger charge is 2.31. The summed E-state index contributed by atoms with van der Waals surface area (Å²) < 4.78 is 0. The van der Waals surface area contributed by atoms with Crippen molar-refractivity contribution in [3.63, 3.8) is 0 Å². The minimum atomic E-state index is 0.798. The molecule has 0 radical (unpaired) electrons. The smallest absolute Gasteiger partial charge is 0.114 e. The first kappa shape index (κ1) is 10.7. The number of benzene rings is 1. The highest BCUT2D eigenvalue weighted by molar-refractivity contribution is 6.31. The fraction of sp³-hybridized carbons (Fsp3) is 0.286. The van der Waals surface area contributed by atoms with Gasteiger partial charge < -0.3 is 9.80 Å². The van der Waals surface area contributed by atoms with Crippen LogP contribution in [0, 0.1) is 0 Å². The average Bonchev–Trinajstić information content (AvgIpc) is 2.61. The Morgan fingerprint density at radius 1 is 1.29 bits per heavy atom. The van der Waals surface area contributed by atoms with Gasteiger partial charge in [-0.15, -0.1) is 0 Å². The minimum absolute atomic E-state index is 0.798. The molecule has 2 aliphatic rings. The molecule has 0 unspecified atom stereocenters. The maximum absolute atomic E-state index is 6.09. The molecule has 0 bridgehead atoms. The lowest BCUT2D eigenvalue weighted by atomic mass is 10.2. The number of allylic oxidation sites excluding steroid dienone is 2. The molecule has 2 heterocycles. The van der Waals surface area contributed by atoms with Crippen molar-refractivity contribution in [2.24, 2.45) is 0 Å². The van der Waals surface area contributed by atoms with Crippen molar-refractivity contribution in [2.45, 2.75) is 13.8 Å². The fourth-order valence-corrected chi connectivity index (χ4v) is 2.68. The van der Waals surface area contributed by atoms with Crippen LogP contribution in [-0.2, 0) is 0 Å². The molecule has 2 aliphatic heterocycles. The van der Waals surface area contributed by atoms with Crippen LogP contribution in [0.4, 0.5) is 11.4 Å². The second kappa shape index (κ2) is 3.81. The third-order valence-corrected chi connectivity index (χ3v) is 3.58. The first-order valence-corrected chi connectivity index (χ1v) is 6.31. The van der Waals surface area contributed by atoms with E-state index < -0.39 is 0 Å². The van der Waals surface area contributed by atoms with Gasteiger partial charge in [0.25, 0.3) is 0 Å². The maximum Gasteiger partial charge on any atom is 0.114 e. The van der Waals surface area contributed by atoms with Crippen LogP contribution >= 0.6 is 11.6 Å². The average molecular weight is 247 g/mol. The molecule has 0 aliphatic carbocycles. The Bertz CT molecular complexity index is 531. The Morgan fingerprint density at radius 3 is 2.88 bits per heavy atom. The van der Waals surface area contributed by atoms with E-state index in [4.69, 9.17) is 11.6 Å². The quantitative estimate of drug-likeness (QED) is 0.744. The molecule has 0 saturated heterocycles. The number of halogens is 1. The van der Waals surface area contributed by atoms with Gasteiger partial charge in [0.15, 0.2) is 0 Å². The number of hydrogen-bond donors (Lipinski definition) is 0. The van der Waals surface area contributed by atoms with Gasteiger partial charge in [-0.3, -0.25) is 0 Å². The largest absolute Gasteiger partial charge is 0.326 e. The Morgan fingerprint density at radius 2 is 2.12 bits per heavy atom. The molecule has 0 N–H and O–H groups in total. The zero-order valence-electron chi connectivity index (χ0n) is 10.1. The van der Waals surface area contributed by atoms with Crippen molar-refractivity contribution in [1.82, 2.24) is 0 Å². The van der Waals surface area contributed by atoms with Gasteiger partial charge in [-0.05, 0) is 43.7 Å². The van der Waals surface area contributed by atoms with Crippen LogP contribution in [0.2, 0.25) is 5.02 Å². The first-order valence-electron chi connectivity index (χ1n) is 5.94. The number of hydrogen-bond acceptors (Lipinski definition) is 2. The summed E-state index contributed by atoms with van der Waals surface area (Å²) in [5.41, 5.74) is 3.80. The molecule has 0 atom stereocenters. The Hall–Kier alpha value is -1.41. The summed E-state index contributed by atoms with van der Waals surface area (Å²) in [5, 5.41) is 0.798. The molecular weight excluding hydrogens is 232 g/mol. The van der Waals surface area contributed by atoms with Crippen LogP contribution < -0.4 is 9.80 Å². The standard InChI is InChI=1S/C14H15ClN2/c1-3-16-12-5-4-11(15)9-13(12)17-7-6-10(2)8-14(16)17/h4-6,8-9H,3,7H2,1-2H3. The van der Waals surface area contributed by atoms with Gasteiger partial charge in [0.1, 0.15) is 5.82 Å². The van der Waals surface area contributed by atoms with E-state index in [1.165, 1.54) is 22.8 Å². The van der Waals surface area contributed by atoms with Gasteiger partial charge in [-0.25, -0.2) is 0 Å². The van der Waals surface area contributed by atoms with Crippen LogP contribution in [0.25, 0.3) is 0 Å². The molecule has 1 aromatic rings. The van der Waals surface area contributed by atoms with Crippen LogP contribution in [0.15, 0.2) is 41.7 Å². The highest BCUT2D eigenvalue weighted by atomic mass is 35.5. The zero-order chi connectivity index (χ0) is 12.0. The monoisotopic (exact) mass is 246 g/mol. The van der Waals surface area contributed by atoms with Crippen molar-refractivity contribution in [2.75, 3.05) is 22.9 Å². The first-order chi connectivity index (χ1) is 8.20. The maximum atomic E-state index is 6.09. The number of nitrogens with zero attached hydrogens (tertiary/aromatic N) is 2. The van der Waals surface area contributed by atoms with E-state index in [2.05, 4.69) is 47.9 Å². The summed E-state index contributed by atoms with van der Waals surface area (Å²) in [6, 6.07) is 6.12. The van der Waals surface area contributed by atoms with Crippen LogP contribution in [0.3, 0.4) is 0 Å². The van der Waals surface area contributed by atoms with Crippen molar-refractivity contribution in [1.29, 1.82) is 0 Å². The summed E-state index contributed by atoms with van der Waals surface area (Å²) in [4.78, 5) is 4.65. The zero-order valence-corrected chi connectivity index (χ0v) is 10.8. The molecule has 1 aromatic carbocycles. The Labute approximate surface area is 107 Å². The van der Waals surface area contributed by atoms with E-state index in [0.29, 0.717) is 0 Å². The minimum Gasteiger partial charge on any atom is -0.326 e. The van der Waals surface area contributed by atoms with E-state index in [0.717, 1.165) is 18.1 Å².